The Morgan fingerprint density at radius 2 is 2.00 bits per heavy atom. The molecule has 2 saturated heterocycles. The molecule has 0 aliphatic carbocycles. The smallest absolute Gasteiger partial charge is 0.251 e. The number of rotatable bonds is 4. The average Bonchev–Trinajstić information content (AvgIpc) is 3.17. The van der Waals surface area contributed by atoms with E-state index in [4.69, 9.17) is 9.47 Å². The van der Waals surface area contributed by atoms with Crippen molar-refractivity contribution >= 4 is 5.91 Å². The van der Waals surface area contributed by atoms with Crippen molar-refractivity contribution in [2.75, 3.05) is 39.9 Å². The molecule has 2 unspecified atom stereocenters. The summed E-state index contributed by atoms with van der Waals surface area (Å²) < 4.78 is 10.7. The minimum Gasteiger partial charge on any atom is -0.497 e. The third kappa shape index (κ3) is 3.53. The third-order valence-corrected chi connectivity index (χ3v) is 4.75. The number of ether oxygens (including phenoxy) is 2. The highest BCUT2D eigenvalue weighted by Gasteiger charge is 2.32. The molecule has 1 amide bonds. The fraction of sp³-hybridized carbons (Fsp3) is 0.556. The van der Waals surface area contributed by atoms with Gasteiger partial charge in [-0.15, -0.1) is 0 Å². The Morgan fingerprint density at radius 3 is 2.54 bits per heavy atom. The lowest BCUT2D eigenvalue weighted by molar-refractivity contribution is -0.142. The van der Waals surface area contributed by atoms with Gasteiger partial charge in [0.2, 0.25) is 0 Å². The first-order valence-corrected chi connectivity index (χ1v) is 8.41. The Morgan fingerprint density at radius 1 is 1.29 bits per heavy atom. The van der Waals surface area contributed by atoms with E-state index in [0.717, 1.165) is 24.2 Å². The van der Waals surface area contributed by atoms with Gasteiger partial charge in [-0.25, -0.2) is 0 Å². The Labute approximate surface area is 142 Å². The second kappa shape index (κ2) is 7.65. The Kier molecular flexibility index (Phi) is 5.34. The summed E-state index contributed by atoms with van der Waals surface area (Å²) in [6.07, 6.45) is 1.53. The van der Waals surface area contributed by atoms with E-state index in [9.17, 15) is 10.1 Å². The van der Waals surface area contributed by atoms with Crippen LogP contribution in [0.4, 0.5) is 0 Å². The van der Waals surface area contributed by atoms with Crippen LogP contribution in [-0.2, 0) is 9.53 Å². The number of nitriles is 1. The zero-order valence-corrected chi connectivity index (χ0v) is 14.0. The standard InChI is InChI=1S/C18H23N3O3/c1-23-15-6-4-14(5-7-15)16(13-19)20-8-10-21(11-9-20)18(22)17-3-2-12-24-17/h4-7,16-17H,2-3,8-12H2,1H3. The molecule has 24 heavy (non-hydrogen) atoms. The minimum atomic E-state index is -0.295. The second-order valence-electron chi connectivity index (χ2n) is 6.17. The summed E-state index contributed by atoms with van der Waals surface area (Å²) in [5.74, 6) is 0.882. The van der Waals surface area contributed by atoms with Crippen LogP contribution in [0.3, 0.4) is 0 Å². The topological polar surface area (TPSA) is 65.8 Å². The Hall–Kier alpha value is -2.10. The van der Waals surface area contributed by atoms with Gasteiger partial charge in [0.15, 0.2) is 0 Å². The number of hydrogen-bond acceptors (Lipinski definition) is 5. The van der Waals surface area contributed by atoms with E-state index in [0.29, 0.717) is 32.8 Å². The SMILES string of the molecule is COc1ccc(C(C#N)N2CCN(C(=O)C3CCCO3)CC2)cc1. The number of amides is 1. The van der Waals surface area contributed by atoms with Crippen molar-refractivity contribution in [2.24, 2.45) is 0 Å². The maximum atomic E-state index is 12.4. The molecule has 6 nitrogen and oxygen atoms in total. The molecule has 6 heteroatoms. The molecule has 0 N–H and O–H groups in total. The lowest BCUT2D eigenvalue weighted by Crippen LogP contribution is -2.51. The second-order valence-corrected chi connectivity index (χ2v) is 6.17. The van der Waals surface area contributed by atoms with Gasteiger partial charge in [-0.3, -0.25) is 9.69 Å². The maximum absolute atomic E-state index is 12.4. The molecule has 2 atom stereocenters. The summed E-state index contributed by atoms with van der Waals surface area (Å²) in [5, 5.41) is 9.58. The molecule has 128 valence electrons. The van der Waals surface area contributed by atoms with Gasteiger partial charge in [0.25, 0.3) is 5.91 Å². The van der Waals surface area contributed by atoms with Crippen LogP contribution in [0.2, 0.25) is 0 Å². The Bertz CT molecular complexity index is 597. The van der Waals surface area contributed by atoms with E-state index in [1.807, 2.05) is 29.2 Å². The third-order valence-electron chi connectivity index (χ3n) is 4.75. The van der Waals surface area contributed by atoms with Crippen LogP contribution in [0, 0.1) is 11.3 Å². The summed E-state index contributed by atoms with van der Waals surface area (Å²) in [6, 6.07) is 9.68. The van der Waals surface area contributed by atoms with Crippen LogP contribution in [0.25, 0.3) is 0 Å². The lowest BCUT2D eigenvalue weighted by atomic mass is 10.1. The first kappa shape index (κ1) is 16.7. The van der Waals surface area contributed by atoms with Gasteiger partial charge in [-0.1, -0.05) is 12.1 Å². The number of piperazine rings is 1. The molecule has 0 spiro atoms. The molecular weight excluding hydrogens is 306 g/mol. The molecule has 2 fully saturated rings. The molecule has 1 aromatic rings. The first-order valence-electron chi connectivity index (χ1n) is 8.41. The highest BCUT2D eigenvalue weighted by atomic mass is 16.5. The van der Waals surface area contributed by atoms with Gasteiger partial charge in [0.05, 0.1) is 13.2 Å². The predicted octanol–water partition coefficient (Wildman–Crippen LogP) is 1.58. The molecular formula is C18H23N3O3. The number of nitrogens with zero attached hydrogens (tertiary/aromatic N) is 3. The number of carbonyl (C=O) groups is 1. The van der Waals surface area contributed by atoms with Crippen molar-refractivity contribution in [2.45, 2.75) is 25.0 Å². The van der Waals surface area contributed by atoms with Crippen molar-refractivity contribution in [3.05, 3.63) is 29.8 Å². The van der Waals surface area contributed by atoms with Crippen LogP contribution in [0.5, 0.6) is 5.75 Å². The largest absolute Gasteiger partial charge is 0.497 e. The zero-order valence-electron chi connectivity index (χ0n) is 14.0. The average molecular weight is 329 g/mol. The summed E-state index contributed by atoms with van der Waals surface area (Å²) in [7, 11) is 1.63. The van der Waals surface area contributed by atoms with E-state index in [2.05, 4.69) is 11.0 Å². The molecule has 0 radical (unpaired) electrons. The molecule has 3 rings (SSSR count). The molecule has 0 aromatic heterocycles. The van der Waals surface area contributed by atoms with Gasteiger partial charge in [-0.05, 0) is 30.5 Å². The van der Waals surface area contributed by atoms with Crippen LogP contribution in [-0.4, -0.2) is 61.7 Å². The fourth-order valence-electron chi connectivity index (χ4n) is 3.33. The van der Waals surface area contributed by atoms with Crippen LogP contribution in [0.1, 0.15) is 24.4 Å². The molecule has 1 aromatic carbocycles. The zero-order chi connectivity index (χ0) is 16.9. The van der Waals surface area contributed by atoms with Crippen molar-refractivity contribution in [1.29, 1.82) is 5.26 Å². The molecule has 2 aliphatic heterocycles. The Balaban J connectivity index is 1.59. The van der Waals surface area contributed by atoms with Crippen LogP contribution >= 0.6 is 0 Å². The van der Waals surface area contributed by atoms with Crippen LogP contribution in [0.15, 0.2) is 24.3 Å². The highest BCUT2D eigenvalue weighted by molar-refractivity contribution is 5.81. The van der Waals surface area contributed by atoms with E-state index in [-0.39, 0.29) is 18.1 Å². The summed E-state index contributed by atoms with van der Waals surface area (Å²) in [6.45, 7) is 3.37. The van der Waals surface area contributed by atoms with E-state index in [1.54, 1.807) is 7.11 Å². The minimum absolute atomic E-state index is 0.102. The van der Waals surface area contributed by atoms with Crippen molar-refractivity contribution in [3.63, 3.8) is 0 Å². The van der Waals surface area contributed by atoms with Crippen molar-refractivity contribution in [3.8, 4) is 11.8 Å². The maximum Gasteiger partial charge on any atom is 0.251 e. The van der Waals surface area contributed by atoms with Gasteiger partial charge < -0.3 is 14.4 Å². The van der Waals surface area contributed by atoms with Crippen molar-refractivity contribution in [1.82, 2.24) is 9.80 Å². The summed E-state index contributed by atoms with van der Waals surface area (Å²) in [4.78, 5) is 16.4. The number of methoxy groups -OCH3 is 1. The van der Waals surface area contributed by atoms with E-state index in [1.165, 1.54) is 0 Å². The fourth-order valence-corrected chi connectivity index (χ4v) is 3.33. The quantitative estimate of drug-likeness (QED) is 0.839. The number of hydrogen-bond donors (Lipinski definition) is 0. The van der Waals surface area contributed by atoms with Gasteiger partial charge in [0.1, 0.15) is 17.9 Å². The molecule has 0 saturated carbocycles. The van der Waals surface area contributed by atoms with Crippen LogP contribution < -0.4 is 4.74 Å². The lowest BCUT2D eigenvalue weighted by Gasteiger charge is -2.37. The number of benzene rings is 1. The molecule has 2 heterocycles. The van der Waals surface area contributed by atoms with Gasteiger partial charge in [0, 0.05) is 32.8 Å². The van der Waals surface area contributed by atoms with E-state index >= 15 is 0 Å². The van der Waals surface area contributed by atoms with Gasteiger partial charge >= 0.3 is 0 Å². The van der Waals surface area contributed by atoms with Gasteiger partial charge in [-0.2, -0.15) is 5.26 Å². The van der Waals surface area contributed by atoms with Crippen molar-refractivity contribution < 1.29 is 14.3 Å². The number of carbonyl (C=O) groups excluding carboxylic acids is 1. The summed E-state index contributed by atoms with van der Waals surface area (Å²) in [5.41, 5.74) is 0.956. The normalized spacial score (nSPS) is 22.8. The molecule has 0 bridgehead atoms. The highest BCUT2D eigenvalue weighted by Crippen LogP contribution is 2.24. The monoisotopic (exact) mass is 329 g/mol. The van der Waals surface area contributed by atoms with E-state index < -0.39 is 0 Å². The molecule has 2 aliphatic rings. The first-order chi connectivity index (χ1) is 11.7. The predicted molar refractivity (Wildman–Crippen MR) is 88.5 cm³/mol. The summed E-state index contributed by atoms with van der Waals surface area (Å²) >= 11 is 0.